The second-order valence-electron chi connectivity index (χ2n) is 9.85. The maximum Gasteiger partial charge on any atom is 0.460 e. The van der Waals surface area contributed by atoms with Crippen molar-refractivity contribution in [3.05, 3.63) is 0 Å². The van der Waals surface area contributed by atoms with Crippen molar-refractivity contribution < 1.29 is 142 Å². The average molecular weight is 888 g/mol. The molecule has 0 saturated carbocycles. The molecule has 0 aliphatic heterocycles. The van der Waals surface area contributed by atoms with Gasteiger partial charge in [0.25, 0.3) is 0 Å². The van der Waals surface area contributed by atoms with Crippen LogP contribution in [0.1, 0.15) is 6.42 Å². The summed E-state index contributed by atoms with van der Waals surface area (Å²) in [7, 11) is -5.01. The molecule has 0 aromatic rings. The first kappa shape index (κ1) is 50.5. The molecular formula is C18H10F29O3PS. The highest BCUT2D eigenvalue weighted by Crippen LogP contribution is 2.69. The van der Waals surface area contributed by atoms with Crippen LogP contribution in [0.5, 0.6) is 0 Å². The van der Waals surface area contributed by atoms with Gasteiger partial charge in [-0.3, -0.25) is 4.57 Å². The summed E-state index contributed by atoms with van der Waals surface area (Å²) in [5, 5.41) is 0. The van der Waals surface area contributed by atoms with Crippen molar-refractivity contribution in [1.29, 1.82) is 0 Å². The Morgan fingerprint density at radius 3 is 0.769 bits per heavy atom. The van der Waals surface area contributed by atoms with Gasteiger partial charge in [0, 0.05) is 12.2 Å². The molecule has 0 aromatic heterocycles. The van der Waals surface area contributed by atoms with Crippen molar-refractivity contribution in [1.82, 2.24) is 0 Å². The van der Waals surface area contributed by atoms with Crippen LogP contribution in [-0.2, 0) is 4.57 Å². The molecule has 0 spiro atoms. The van der Waals surface area contributed by atoms with Crippen molar-refractivity contribution in [3.63, 3.8) is 0 Å². The molecule has 0 fully saturated rings. The van der Waals surface area contributed by atoms with Crippen LogP contribution in [0.3, 0.4) is 0 Å². The molecule has 0 bridgehead atoms. The van der Waals surface area contributed by atoms with E-state index in [2.05, 4.69) is 0 Å². The fraction of sp³-hybridized carbons (Fsp3) is 1.00. The van der Waals surface area contributed by atoms with Crippen LogP contribution in [0.2, 0.25) is 0 Å². The minimum atomic E-state index is -9.97. The van der Waals surface area contributed by atoms with E-state index in [0.717, 1.165) is 0 Å². The molecule has 0 aromatic carbocycles. The Hall–Kier alpha value is -1.53. The van der Waals surface area contributed by atoms with Gasteiger partial charge >= 0.3 is 90.8 Å². The summed E-state index contributed by atoms with van der Waals surface area (Å²) >= 11 is -0.352. The number of hydrogen-bond acceptors (Lipinski definition) is 2. The van der Waals surface area contributed by atoms with Crippen LogP contribution < -0.4 is 0 Å². The van der Waals surface area contributed by atoms with Crippen LogP contribution in [0, 0.1) is 0 Å². The number of halogens is 29. The van der Waals surface area contributed by atoms with Crippen molar-refractivity contribution in [3.8, 4) is 0 Å². The second kappa shape index (κ2) is 13.3. The predicted molar refractivity (Wildman–Crippen MR) is 109 cm³/mol. The maximum atomic E-state index is 13.9. The first-order chi connectivity index (χ1) is 22.0. The molecule has 0 aliphatic carbocycles. The molecule has 0 aliphatic rings. The molecule has 0 rings (SSSR count). The van der Waals surface area contributed by atoms with Crippen LogP contribution >= 0.6 is 19.4 Å². The Morgan fingerprint density at radius 2 is 0.558 bits per heavy atom. The summed E-state index contributed by atoms with van der Waals surface area (Å²) in [5.74, 6) is -124. The first-order valence-corrected chi connectivity index (χ1v) is 14.5. The number of alkyl halides is 29. The van der Waals surface area contributed by atoms with Gasteiger partial charge in [0.1, 0.15) is 0 Å². The lowest BCUT2D eigenvalue weighted by Crippen LogP contribution is -2.79. The van der Waals surface area contributed by atoms with Gasteiger partial charge in [-0.05, 0) is 5.75 Å². The molecule has 0 heterocycles. The fourth-order valence-corrected chi connectivity index (χ4v) is 5.09. The summed E-state index contributed by atoms with van der Waals surface area (Å²) in [5.41, 5.74) is 0. The van der Waals surface area contributed by atoms with E-state index in [-0.39, 0.29) is 11.8 Å². The molecule has 0 unspecified atom stereocenters. The van der Waals surface area contributed by atoms with Gasteiger partial charge in [-0.25, -0.2) is 0 Å². The molecular weight excluding hydrogens is 878 g/mol. The Labute approximate surface area is 269 Å². The lowest BCUT2D eigenvalue weighted by atomic mass is 9.83. The minimum Gasteiger partial charge on any atom is -0.324 e. The smallest absolute Gasteiger partial charge is 0.324 e. The van der Waals surface area contributed by atoms with E-state index >= 15 is 0 Å². The zero-order valence-corrected chi connectivity index (χ0v) is 24.7. The Kier molecular flexibility index (Phi) is 12.9. The lowest BCUT2D eigenvalue weighted by molar-refractivity contribution is -0.487. The van der Waals surface area contributed by atoms with Crippen LogP contribution in [0.15, 0.2) is 0 Å². The highest BCUT2D eigenvalue weighted by Gasteiger charge is 3.00. The molecule has 34 heteroatoms. The van der Waals surface area contributed by atoms with E-state index in [1.807, 2.05) is 0 Å². The largest absolute Gasteiger partial charge is 0.460 e. The van der Waals surface area contributed by atoms with Crippen LogP contribution in [0.4, 0.5) is 127 Å². The third-order valence-corrected chi connectivity index (χ3v) is 8.33. The molecule has 3 nitrogen and oxygen atoms in total. The van der Waals surface area contributed by atoms with E-state index < -0.39 is 115 Å². The van der Waals surface area contributed by atoms with Crippen molar-refractivity contribution in [2.24, 2.45) is 0 Å². The fourth-order valence-electron chi connectivity index (χ4n) is 3.02. The second-order valence-corrected chi connectivity index (χ2v) is 12.8. The molecule has 52 heavy (non-hydrogen) atoms. The van der Waals surface area contributed by atoms with E-state index in [1.54, 1.807) is 0 Å². The Bertz CT molecular complexity index is 1310. The zero-order chi connectivity index (χ0) is 43.0. The molecule has 2 N–H and O–H groups in total. The monoisotopic (exact) mass is 888 g/mol. The van der Waals surface area contributed by atoms with Gasteiger partial charge < -0.3 is 9.79 Å². The van der Waals surface area contributed by atoms with E-state index in [4.69, 9.17) is 9.79 Å². The first-order valence-electron chi connectivity index (χ1n) is 11.6. The Balaban J connectivity index is 7.22. The number of thioether (sulfide) groups is 1. The van der Waals surface area contributed by atoms with Gasteiger partial charge in [0.05, 0.1) is 6.16 Å². The van der Waals surface area contributed by atoms with E-state index in [9.17, 15) is 132 Å². The summed E-state index contributed by atoms with van der Waals surface area (Å²) in [6.45, 7) is 0. The SMILES string of the molecule is O=P(O)(O)CCSCCC(F)(F)C(F)(F)C(F)(F)C(F)(F)C(F)(F)C(F)(F)C(F)(F)C(F)(F)C(F)(F)C(F)(F)C(F)(F)C(F)(F)C(F)(F)C(F)(F)F. The van der Waals surface area contributed by atoms with Gasteiger partial charge in [-0.15, -0.1) is 0 Å². The van der Waals surface area contributed by atoms with Gasteiger partial charge in [-0.2, -0.15) is 139 Å². The predicted octanol–water partition coefficient (Wildman–Crippen LogP) is 10.1. The van der Waals surface area contributed by atoms with E-state index in [0.29, 0.717) is 0 Å². The van der Waals surface area contributed by atoms with Crippen LogP contribution in [-0.4, -0.2) is 111 Å². The molecule has 0 radical (unpaired) electrons. The topological polar surface area (TPSA) is 57.5 Å². The zero-order valence-electron chi connectivity index (χ0n) is 22.9. The molecule has 314 valence electrons. The normalized spacial score (nSPS) is 16.8. The Morgan fingerprint density at radius 1 is 0.346 bits per heavy atom. The lowest BCUT2D eigenvalue weighted by Gasteiger charge is -2.46. The van der Waals surface area contributed by atoms with Crippen molar-refractivity contribution >= 4 is 19.4 Å². The minimum absolute atomic E-state index is 0.352. The highest BCUT2D eigenvalue weighted by atomic mass is 32.2. The number of rotatable bonds is 18. The molecule has 0 atom stereocenters. The quantitative estimate of drug-likeness (QED) is 0.0818. The third-order valence-electron chi connectivity index (χ3n) is 6.24. The summed E-state index contributed by atoms with van der Waals surface area (Å²) in [6.07, 6.45) is -12.7. The van der Waals surface area contributed by atoms with Gasteiger partial charge in [0.2, 0.25) is 0 Å². The summed E-state index contributed by atoms with van der Waals surface area (Å²) in [6, 6.07) is 0. The van der Waals surface area contributed by atoms with Gasteiger partial charge in [0.15, 0.2) is 0 Å². The summed E-state index contributed by atoms with van der Waals surface area (Å²) in [4.78, 5) is 16.9. The van der Waals surface area contributed by atoms with Crippen molar-refractivity contribution in [2.75, 3.05) is 17.7 Å². The van der Waals surface area contributed by atoms with Crippen molar-refractivity contribution in [2.45, 2.75) is 89.6 Å². The highest BCUT2D eigenvalue weighted by molar-refractivity contribution is 7.99. The molecule has 0 amide bonds. The standard InChI is InChI=1S/C18H10F29O3PS/c19-5(20,1-3-52-4-2-51(48,49)50)6(21,22)7(23,24)8(25,26)9(27,28)10(29,30)11(31,32)12(33,34)13(35,36)14(37,38)15(39,40)16(41,42)17(43,44)18(45,46)47/h1-4H2,(H2,48,49,50). The molecule has 0 saturated heterocycles. The third kappa shape index (κ3) is 6.94. The summed E-state index contributed by atoms with van der Waals surface area (Å²) < 4.78 is 402. The average Bonchev–Trinajstić information content (AvgIpc) is 2.90. The van der Waals surface area contributed by atoms with Gasteiger partial charge in [-0.1, -0.05) is 0 Å². The maximum absolute atomic E-state index is 13.9. The number of hydrogen-bond donors (Lipinski definition) is 2. The van der Waals surface area contributed by atoms with Crippen LogP contribution in [0.25, 0.3) is 0 Å². The van der Waals surface area contributed by atoms with E-state index in [1.165, 1.54) is 0 Å².